The first kappa shape index (κ1) is 23.9. The Kier molecular flexibility index (Phi) is 7.09. The van der Waals surface area contributed by atoms with Crippen LogP contribution < -0.4 is 10.1 Å². The van der Waals surface area contributed by atoms with E-state index in [0.29, 0.717) is 10.6 Å². The van der Waals surface area contributed by atoms with Crippen molar-refractivity contribution >= 4 is 46.3 Å². The lowest BCUT2D eigenvalue weighted by Gasteiger charge is -2.11. The predicted octanol–water partition coefficient (Wildman–Crippen LogP) is 5.62. The van der Waals surface area contributed by atoms with Crippen LogP contribution >= 0.6 is 23.2 Å². The highest BCUT2D eigenvalue weighted by molar-refractivity contribution is 6.32. The van der Waals surface area contributed by atoms with Gasteiger partial charge in [-0.2, -0.15) is 5.10 Å². The predicted molar refractivity (Wildman–Crippen MR) is 130 cm³/mol. The monoisotopic (exact) mass is 510 g/mol. The summed E-state index contributed by atoms with van der Waals surface area (Å²) in [6, 6.07) is 18.5. The van der Waals surface area contributed by atoms with E-state index in [1.165, 1.54) is 41.2 Å². The summed E-state index contributed by atoms with van der Waals surface area (Å²) in [6.45, 7) is -0.0938. The molecule has 0 aliphatic heterocycles. The zero-order valence-electron chi connectivity index (χ0n) is 17.9. The Morgan fingerprint density at radius 3 is 2.51 bits per heavy atom. The molecule has 0 atom stereocenters. The molecule has 1 aromatic heterocycles. The van der Waals surface area contributed by atoms with Gasteiger partial charge in [0.05, 0.1) is 15.6 Å². The van der Waals surface area contributed by atoms with Crippen molar-refractivity contribution in [2.45, 2.75) is 6.73 Å². The molecular formula is C24H16Cl2N4O5. The zero-order valence-corrected chi connectivity index (χ0v) is 19.4. The number of non-ortho nitro benzene ring substituents is 1. The molecular weight excluding hydrogens is 495 g/mol. The first-order valence-corrected chi connectivity index (χ1v) is 10.9. The topological polar surface area (TPSA) is 116 Å². The van der Waals surface area contributed by atoms with E-state index in [9.17, 15) is 19.7 Å². The van der Waals surface area contributed by atoms with Crippen molar-refractivity contribution in [1.82, 2.24) is 9.78 Å². The van der Waals surface area contributed by atoms with Crippen LogP contribution in [-0.2, 0) is 6.73 Å². The summed E-state index contributed by atoms with van der Waals surface area (Å²) >= 11 is 12.1. The Hall–Kier alpha value is -4.21. The van der Waals surface area contributed by atoms with Crippen LogP contribution in [-0.4, -0.2) is 26.4 Å². The number of aromatic nitrogens is 2. The molecule has 0 spiro atoms. The molecule has 0 saturated carbocycles. The minimum absolute atomic E-state index is 0.0719. The van der Waals surface area contributed by atoms with Gasteiger partial charge in [0, 0.05) is 34.5 Å². The number of carbonyl (C=O) groups is 2. The highest BCUT2D eigenvalue weighted by atomic mass is 35.5. The van der Waals surface area contributed by atoms with E-state index in [0.717, 1.165) is 0 Å². The Bertz CT molecular complexity index is 1420. The molecule has 11 heteroatoms. The number of ketones is 1. The average molecular weight is 511 g/mol. The average Bonchev–Trinajstić information content (AvgIpc) is 3.33. The number of carbonyl (C=O) groups excluding carboxylic acids is 2. The van der Waals surface area contributed by atoms with Crippen LogP contribution in [0.2, 0.25) is 10.0 Å². The smallest absolute Gasteiger partial charge is 0.276 e. The van der Waals surface area contributed by atoms with Crippen molar-refractivity contribution in [2.24, 2.45) is 0 Å². The molecule has 4 aromatic rings. The molecule has 1 heterocycles. The largest absolute Gasteiger partial charge is 0.470 e. The summed E-state index contributed by atoms with van der Waals surface area (Å²) in [5.74, 6) is -0.604. The summed E-state index contributed by atoms with van der Waals surface area (Å²) < 4.78 is 6.89. The molecule has 4 rings (SSSR count). The molecule has 1 N–H and O–H groups in total. The van der Waals surface area contributed by atoms with Gasteiger partial charge in [0.2, 0.25) is 0 Å². The molecule has 35 heavy (non-hydrogen) atoms. The minimum Gasteiger partial charge on any atom is -0.470 e. The molecule has 3 aromatic carbocycles. The second-order valence-electron chi connectivity index (χ2n) is 7.22. The number of nitrogens with zero attached hydrogens (tertiary/aromatic N) is 3. The summed E-state index contributed by atoms with van der Waals surface area (Å²) in [5.41, 5.74) is 0.908. The third kappa shape index (κ3) is 5.65. The number of nitrogens with one attached hydrogen (secondary N) is 1. The van der Waals surface area contributed by atoms with Gasteiger partial charge < -0.3 is 10.1 Å². The second kappa shape index (κ2) is 10.4. The molecule has 0 bridgehead atoms. The van der Waals surface area contributed by atoms with Crippen molar-refractivity contribution in [3.63, 3.8) is 0 Å². The molecule has 0 saturated heterocycles. The first-order chi connectivity index (χ1) is 16.8. The van der Waals surface area contributed by atoms with E-state index in [2.05, 4.69) is 10.4 Å². The van der Waals surface area contributed by atoms with Crippen LogP contribution in [0.25, 0.3) is 0 Å². The number of nitro benzene ring substituents is 1. The van der Waals surface area contributed by atoms with Crippen molar-refractivity contribution in [2.75, 3.05) is 5.32 Å². The lowest BCUT2D eigenvalue weighted by atomic mass is 10.0. The van der Waals surface area contributed by atoms with E-state index >= 15 is 0 Å². The number of ether oxygens (including phenoxy) is 1. The van der Waals surface area contributed by atoms with Crippen LogP contribution in [0, 0.1) is 10.1 Å². The van der Waals surface area contributed by atoms with Gasteiger partial charge in [-0.05, 0) is 30.3 Å². The lowest BCUT2D eigenvalue weighted by molar-refractivity contribution is -0.384. The molecule has 176 valence electrons. The standard InChI is InChI=1S/C24H16Cl2N4O5/c25-16-6-8-20(18(12-16)23(31)15-4-2-1-3-5-15)27-24(32)21-10-11-29(28-21)14-35-22-9-7-17(30(33)34)13-19(22)26/h1-13H,14H2,(H,27,32). The van der Waals surface area contributed by atoms with E-state index in [1.807, 2.05) is 0 Å². The Morgan fingerprint density at radius 2 is 1.80 bits per heavy atom. The van der Waals surface area contributed by atoms with Crippen molar-refractivity contribution < 1.29 is 19.2 Å². The summed E-state index contributed by atoms with van der Waals surface area (Å²) in [6.07, 6.45) is 1.52. The number of anilines is 1. The Morgan fingerprint density at radius 1 is 1.03 bits per heavy atom. The molecule has 0 aliphatic carbocycles. The minimum atomic E-state index is -0.562. The van der Waals surface area contributed by atoms with E-state index < -0.39 is 10.8 Å². The van der Waals surface area contributed by atoms with Gasteiger partial charge in [0.1, 0.15) is 5.75 Å². The van der Waals surface area contributed by atoms with Gasteiger partial charge in [-0.1, -0.05) is 53.5 Å². The van der Waals surface area contributed by atoms with Gasteiger partial charge in [-0.3, -0.25) is 19.7 Å². The van der Waals surface area contributed by atoms with E-state index in [-0.39, 0.29) is 45.9 Å². The highest BCUT2D eigenvalue weighted by Gasteiger charge is 2.18. The maximum absolute atomic E-state index is 13.0. The normalized spacial score (nSPS) is 10.6. The summed E-state index contributed by atoms with van der Waals surface area (Å²) in [4.78, 5) is 36.0. The lowest BCUT2D eigenvalue weighted by Crippen LogP contribution is -2.16. The first-order valence-electron chi connectivity index (χ1n) is 10.1. The van der Waals surface area contributed by atoms with Gasteiger partial charge >= 0.3 is 0 Å². The Balaban J connectivity index is 1.46. The van der Waals surface area contributed by atoms with Crippen molar-refractivity contribution in [1.29, 1.82) is 0 Å². The number of hydrogen-bond acceptors (Lipinski definition) is 6. The van der Waals surface area contributed by atoms with Crippen LogP contribution in [0.1, 0.15) is 26.4 Å². The van der Waals surface area contributed by atoms with Crippen LogP contribution in [0.3, 0.4) is 0 Å². The van der Waals surface area contributed by atoms with Gasteiger partial charge in [-0.25, -0.2) is 4.68 Å². The molecule has 1 amide bonds. The second-order valence-corrected chi connectivity index (χ2v) is 8.07. The number of benzene rings is 3. The van der Waals surface area contributed by atoms with Crippen molar-refractivity contribution in [3.05, 3.63) is 116 Å². The van der Waals surface area contributed by atoms with Gasteiger partial charge in [-0.15, -0.1) is 0 Å². The fraction of sp³-hybridized carbons (Fsp3) is 0.0417. The van der Waals surface area contributed by atoms with Crippen LogP contribution in [0.15, 0.2) is 79.0 Å². The number of amides is 1. The fourth-order valence-corrected chi connectivity index (χ4v) is 3.56. The summed E-state index contributed by atoms with van der Waals surface area (Å²) in [7, 11) is 0. The maximum Gasteiger partial charge on any atom is 0.276 e. The number of rotatable bonds is 8. The highest BCUT2D eigenvalue weighted by Crippen LogP contribution is 2.29. The number of nitro groups is 1. The molecule has 0 unspecified atom stereocenters. The maximum atomic E-state index is 13.0. The number of halogens is 2. The molecule has 0 radical (unpaired) electrons. The SMILES string of the molecule is O=C(Nc1ccc(Cl)cc1C(=O)c1ccccc1)c1ccn(COc2ccc([N+](=O)[O-])cc2Cl)n1. The van der Waals surface area contributed by atoms with Crippen LogP contribution in [0.4, 0.5) is 11.4 Å². The Labute approximate surface area is 209 Å². The fourth-order valence-electron chi connectivity index (χ4n) is 3.16. The quantitative estimate of drug-likeness (QED) is 0.187. The van der Waals surface area contributed by atoms with Crippen molar-refractivity contribution in [3.8, 4) is 5.75 Å². The van der Waals surface area contributed by atoms with Gasteiger partial charge in [0.15, 0.2) is 18.2 Å². The van der Waals surface area contributed by atoms with E-state index in [4.69, 9.17) is 27.9 Å². The third-order valence-electron chi connectivity index (χ3n) is 4.86. The molecule has 0 fully saturated rings. The van der Waals surface area contributed by atoms with Crippen LogP contribution in [0.5, 0.6) is 5.75 Å². The summed E-state index contributed by atoms with van der Waals surface area (Å²) in [5, 5.41) is 18.1. The molecule has 0 aliphatic rings. The van der Waals surface area contributed by atoms with Gasteiger partial charge in [0.25, 0.3) is 11.6 Å². The number of hydrogen-bond donors (Lipinski definition) is 1. The zero-order chi connectivity index (χ0) is 24.9. The third-order valence-corrected chi connectivity index (χ3v) is 5.39. The molecule has 9 nitrogen and oxygen atoms in total. The van der Waals surface area contributed by atoms with E-state index in [1.54, 1.807) is 42.5 Å².